The molecule has 0 saturated heterocycles. The van der Waals surface area contributed by atoms with Gasteiger partial charge in [0.05, 0.1) is 17.1 Å². The number of anilines is 1. The first kappa shape index (κ1) is 19.2. The van der Waals surface area contributed by atoms with Gasteiger partial charge in [0.25, 0.3) is 5.56 Å². The summed E-state index contributed by atoms with van der Waals surface area (Å²) in [6.45, 7) is 3.44. The highest BCUT2D eigenvalue weighted by Gasteiger charge is 2.18. The second kappa shape index (κ2) is 7.56. The van der Waals surface area contributed by atoms with Crippen LogP contribution in [0.2, 0.25) is 0 Å². The topological polar surface area (TPSA) is 90.7 Å². The van der Waals surface area contributed by atoms with Crippen molar-refractivity contribution in [3.8, 4) is 11.6 Å². The number of H-pyrrole nitrogens is 1. The zero-order valence-electron chi connectivity index (χ0n) is 16.2. The van der Waals surface area contributed by atoms with E-state index in [1.165, 1.54) is 0 Å². The highest BCUT2D eigenvalue weighted by Crippen LogP contribution is 2.22. The standard InChI is InChI=1S/C21H22N4O3/c1-13-7-5-6-8-17(13)25-20(27)18(19(26)23-21(25)28)14(2)22-15-9-11-16(12-10-15)24(3)4/h5-12,27H,1-4H3,(H,23,26,28). The van der Waals surface area contributed by atoms with Crippen molar-refractivity contribution in [3.63, 3.8) is 0 Å². The van der Waals surface area contributed by atoms with Crippen molar-refractivity contribution in [2.45, 2.75) is 13.8 Å². The molecule has 0 amide bonds. The molecule has 0 atom stereocenters. The number of nitrogens with one attached hydrogen (secondary N) is 1. The molecular weight excluding hydrogens is 356 g/mol. The molecule has 0 spiro atoms. The molecule has 7 nitrogen and oxygen atoms in total. The first-order valence-corrected chi connectivity index (χ1v) is 8.77. The van der Waals surface area contributed by atoms with Crippen LogP contribution in [0.15, 0.2) is 63.1 Å². The summed E-state index contributed by atoms with van der Waals surface area (Å²) >= 11 is 0. The number of nitrogens with zero attached hydrogens (tertiary/aromatic N) is 3. The van der Waals surface area contributed by atoms with E-state index in [1.54, 1.807) is 19.1 Å². The second-order valence-corrected chi connectivity index (χ2v) is 6.69. The van der Waals surface area contributed by atoms with Crippen molar-refractivity contribution in [2.75, 3.05) is 19.0 Å². The molecular formula is C21H22N4O3. The summed E-state index contributed by atoms with van der Waals surface area (Å²) in [6.07, 6.45) is 0. The third kappa shape index (κ3) is 3.59. The molecule has 0 aliphatic heterocycles. The summed E-state index contributed by atoms with van der Waals surface area (Å²) in [4.78, 5) is 33.4. The van der Waals surface area contributed by atoms with Gasteiger partial charge >= 0.3 is 5.69 Å². The van der Waals surface area contributed by atoms with Crippen LogP contribution in [-0.4, -0.2) is 34.5 Å². The monoisotopic (exact) mass is 378 g/mol. The van der Waals surface area contributed by atoms with Crippen LogP contribution in [-0.2, 0) is 0 Å². The highest BCUT2D eigenvalue weighted by molar-refractivity contribution is 6.01. The predicted octanol–water partition coefficient (Wildman–Crippen LogP) is 2.75. The van der Waals surface area contributed by atoms with Crippen molar-refractivity contribution in [3.05, 3.63) is 80.5 Å². The lowest BCUT2D eigenvalue weighted by Gasteiger charge is -2.14. The molecule has 0 unspecified atom stereocenters. The van der Waals surface area contributed by atoms with E-state index >= 15 is 0 Å². The molecule has 0 fully saturated rings. The van der Waals surface area contributed by atoms with Crippen LogP contribution in [0.5, 0.6) is 5.88 Å². The van der Waals surface area contributed by atoms with Crippen molar-refractivity contribution in [1.29, 1.82) is 0 Å². The van der Waals surface area contributed by atoms with Gasteiger partial charge in [0, 0.05) is 19.8 Å². The number of benzene rings is 2. The summed E-state index contributed by atoms with van der Waals surface area (Å²) in [5, 5.41) is 10.7. The Hall–Kier alpha value is -3.61. The van der Waals surface area contributed by atoms with E-state index < -0.39 is 17.1 Å². The van der Waals surface area contributed by atoms with Gasteiger partial charge in [0.15, 0.2) is 0 Å². The van der Waals surface area contributed by atoms with Crippen LogP contribution in [0, 0.1) is 6.92 Å². The minimum atomic E-state index is -0.705. The van der Waals surface area contributed by atoms with Gasteiger partial charge in [0.1, 0.15) is 5.56 Å². The van der Waals surface area contributed by atoms with Crippen molar-refractivity contribution in [1.82, 2.24) is 9.55 Å². The van der Waals surface area contributed by atoms with Gasteiger partial charge in [-0.2, -0.15) is 0 Å². The molecule has 28 heavy (non-hydrogen) atoms. The summed E-state index contributed by atoms with van der Waals surface area (Å²) in [6, 6.07) is 14.6. The summed E-state index contributed by atoms with van der Waals surface area (Å²) in [5.41, 5.74) is 1.80. The highest BCUT2D eigenvalue weighted by atomic mass is 16.3. The number of para-hydroxylation sites is 1. The molecule has 0 radical (unpaired) electrons. The number of rotatable bonds is 4. The number of aromatic nitrogens is 2. The first-order chi connectivity index (χ1) is 13.3. The number of aromatic amines is 1. The van der Waals surface area contributed by atoms with Gasteiger partial charge in [-0.25, -0.2) is 9.36 Å². The van der Waals surface area contributed by atoms with Gasteiger partial charge < -0.3 is 10.0 Å². The number of aromatic hydroxyl groups is 1. The van der Waals surface area contributed by atoms with Gasteiger partial charge in [0.2, 0.25) is 5.88 Å². The number of hydrogen-bond acceptors (Lipinski definition) is 5. The SMILES string of the molecule is CC(=Nc1ccc(N(C)C)cc1)c1c(O)n(-c2ccccc2C)c(=O)[nH]c1=O. The molecule has 0 saturated carbocycles. The fourth-order valence-corrected chi connectivity index (χ4v) is 2.96. The Morgan fingerprint density at radius 2 is 1.71 bits per heavy atom. The molecule has 1 heterocycles. The van der Waals surface area contributed by atoms with Crippen LogP contribution in [0.1, 0.15) is 18.1 Å². The lowest BCUT2D eigenvalue weighted by molar-refractivity contribution is 0.429. The molecule has 0 aliphatic rings. The maximum Gasteiger partial charge on any atom is 0.335 e. The Labute approximate surface area is 162 Å². The smallest absolute Gasteiger partial charge is 0.335 e. The average Bonchev–Trinajstić information content (AvgIpc) is 2.63. The quantitative estimate of drug-likeness (QED) is 0.683. The zero-order chi connectivity index (χ0) is 20.4. The lowest BCUT2D eigenvalue weighted by atomic mass is 10.1. The molecule has 3 aromatic rings. The van der Waals surface area contributed by atoms with E-state index in [0.717, 1.165) is 15.8 Å². The molecule has 2 aromatic carbocycles. The molecule has 0 aliphatic carbocycles. The van der Waals surface area contributed by atoms with Gasteiger partial charge in [-0.1, -0.05) is 18.2 Å². The van der Waals surface area contributed by atoms with Crippen molar-refractivity contribution in [2.24, 2.45) is 4.99 Å². The molecule has 3 rings (SSSR count). The number of aliphatic imine (C=N–C) groups is 1. The average molecular weight is 378 g/mol. The predicted molar refractivity (Wildman–Crippen MR) is 112 cm³/mol. The normalized spacial score (nSPS) is 11.5. The third-order valence-electron chi connectivity index (χ3n) is 4.47. The maximum atomic E-state index is 12.4. The Morgan fingerprint density at radius 1 is 1.07 bits per heavy atom. The van der Waals surface area contributed by atoms with Crippen molar-refractivity contribution < 1.29 is 5.11 Å². The van der Waals surface area contributed by atoms with Crippen LogP contribution in [0.4, 0.5) is 11.4 Å². The first-order valence-electron chi connectivity index (χ1n) is 8.77. The summed E-state index contributed by atoms with van der Waals surface area (Å²) in [5.74, 6) is -0.436. The minimum absolute atomic E-state index is 0.0421. The van der Waals surface area contributed by atoms with E-state index in [1.807, 2.05) is 62.3 Å². The van der Waals surface area contributed by atoms with Gasteiger partial charge in [-0.15, -0.1) is 0 Å². The van der Waals surface area contributed by atoms with Gasteiger partial charge in [-0.05, 0) is 49.7 Å². The number of aryl methyl sites for hydroxylation is 1. The Morgan fingerprint density at radius 3 is 2.32 bits per heavy atom. The zero-order valence-corrected chi connectivity index (χ0v) is 16.2. The minimum Gasteiger partial charge on any atom is -0.493 e. The Kier molecular flexibility index (Phi) is 5.17. The summed E-state index contributed by atoms with van der Waals surface area (Å²) < 4.78 is 1.08. The second-order valence-electron chi connectivity index (χ2n) is 6.69. The van der Waals surface area contributed by atoms with E-state index in [4.69, 9.17) is 0 Å². The van der Waals surface area contributed by atoms with Crippen molar-refractivity contribution >= 4 is 17.1 Å². The molecule has 144 valence electrons. The Balaban J connectivity index is 2.14. The van der Waals surface area contributed by atoms with Crippen LogP contribution < -0.4 is 16.1 Å². The molecule has 7 heteroatoms. The van der Waals surface area contributed by atoms with E-state index in [9.17, 15) is 14.7 Å². The van der Waals surface area contributed by atoms with E-state index in [-0.39, 0.29) is 5.56 Å². The molecule has 0 bridgehead atoms. The largest absolute Gasteiger partial charge is 0.493 e. The Bertz CT molecular complexity index is 1160. The van der Waals surface area contributed by atoms with Crippen LogP contribution in [0.25, 0.3) is 5.69 Å². The van der Waals surface area contributed by atoms with Gasteiger partial charge in [-0.3, -0.25) is 14.8 Å². The fraction of sp³-hybridized carbons (Fsp3) is 0.190. The third-order valence-corrected chi connectivity index (χ3v) is 4.47. The maximum absolute atomic E-state index is 12.4. The molecule has 2 N–H and O–H groups in total. The van der Waals surface area contributed by atoms with Crippen LogP contribution in [0.3, 0.4) is 0 Å². The van der Waals surface area contributed by atoms with E-state index in [0.29, 0.717) is 17.1 Å². The lowest BCUT2D eigenvalue weighted by Crippen LogP contribution is -2.33. The number of hydrogen-bond donors (Lipinski definition) is 2. The molecule has 1 aromatic heterocycles. The summed E-state index contributed by atoms with van der Waals surface area (Å²) in [7, 11) is 3.88. The fourth-order valence-electron chi connectivity index (χ4n) is 2.96. The van der Waals surface area contributed by atoms with Crippen LogP contribution >= 0.6 is 0 Å². The van der Waals surface area contributed by atoms with E-state index in [2.05, 4.69) is 9.98 Å².